The van der Waals surface area contributed by atoms with Gasteiger partial charge < -0.3 is 5.32 Å². The maximum atomic E-state index is 12.3. The van der Waals surface area contributed by atoms with Crippen LogP contribution in [0.25, 0.3) is 0 Å². The molecule has 112 valence electrons. The molecule has 1 aliphatic carbocycles. The van der Waals surface area contributed by atoms with E-state index in [1.807, 2.05) is 0 Å². The number of fused-ring (bicyclic) bond motifs is 1. The Morgan fingerprint density at radius 1 is 1.41 bits per heavy atom. The summed E-state index contributed by atoms with van der Waals surface area (Å²) in [5.41, 5.74) is 2.29. The van der Waals surface area contributed by atoms with Gasteiger partial charge in [-0.15, -0.1) is 11.3 Å². The minimum Gasteiger partial charge on any atom is -0.312 e. The van der Waals surface area contributed by atoms with E-state index in [9.17, 15) is 10.1 Å². The van der Waals surface area contributed by atoms with E-state index in [2.05, 4.69) is 18.3 Å². The van der Waals surface area contributed by atoms with Crippen molar-refractivity contribution in [1.29, 1.82) is 5.26 Å². The van der Waals surface area contributed by atoms with E-state index in [0.717, 1.165) is 24.8 Å². The molecule has 1 atom stereocenters. The Bertz CT molecular complexity index is 758. The highest BCUT2D eigenvalue weighted by molar-refractivity contribution is 7.16. The van der Waals surface area contributed by atoms with Crippen molar-refractivity contribution in [3.63, 3.8) is 0 Å². The number of anilines is 1. The Balaban J connectivity index is 1.88. The van der Waals surface area contributed by atoms with Crippen molar-refractivity contribution in [3.05, 3.63) is 50.9 Å². The number of halogens is 1. The van der Waals surface area contributed by atoms with Gasteiger partial charge in [-0.25, -0.2) is 0 Å². The molecule has 0 aliphatic heterocycles. The first-order valence-corrected chi connectivity index (χ1v) is 8.39. The maximum absolute atomic E-state index is 12.3. The SMILES string of the molecule is C[C@H]1CCc2c(sc(NC(=O)c3ccc(Cl)cc3)c2C#N)C1. The van der Waals surface area contributed by atoms with Gasteiger partial charge in [0.25, 0.3) is 5.91 Å². The van der Waals surface area contributed by atoms with E-state index in [1.54, 1.807) is 24.3 Å². The molecule has 0 saturated carbocycles. The van der Waals surface area contributed by atoms with Gasteiger partial charge in [-0.05, 0) is 55.0 Å². The molecule has 3 nitrogen and oxygen atoms in total. The first kappa shape index (κ1) is 15.1. The van der Waals surface area contributed by atoms with Crippen molar-refractivity contribution in [2.75, 3.05) is 5.32 Å². The second kappa shape index (κ2) is 6.12. The van der Waals surface area contributed by atoms with Crippen LogP contribution in [0.5, 0.6) is 0 Å². The molecular weight excluding hydrogens is 316 g/mol. The number of hydrogen-bond donors (Lipinski definition) is 1. The van der Waals surface area contributed by atoms with Gasteiger partial charge in [0.2, 0.25) is 0 Å². The summed E-state index contributed by atoms with van der Waals surface area (Å²) in [6.45, 7) is 2.22. The van der Waals surface area contributed by atoms with Gasteiger partial charge in [0.15, 0.2) is 0 Å². The highest BCUT2D eigenvalue weighted by atomic mass is 35.5. The number of hydrogen-bond acceptors (Lipinski definition) is 3. The summed E-state index contributed by atoms with van der Waals surface area (Å²) in [5, 5.41) is 13.6. The molecule has 1 amide bonds. The molecule has 1 heterocycles. The molecule has 1 aromatic heterocycles. The molecule has 22 heavy (non-hydrogen) atoms. The zero-order chi connectivity index (χ0) is 15.7. The molecule has 0 fully saturated rings. The molecule has 2 aromatic rings. The van der Waals surface area contributed by atoms with E-state index in [4.69, 9.17) is 11.6 Å². The highest BCUT2D eigenvalue weighted by Crippen LogP contribution is 2.39. The average molecular weight is 331 g/mol. The van der Waals surface area contributed by atoms with Gasteiger partial charge in [0.05, 0.1) is 5.56 Å². The lowest BCUT2D eigenvalue weighted by atomic mass is 9.88. The monoisotopic (exact) mass is 330 g/mol. The number of nitrogens with one attached hydrogen (secondary N) is 1. The molecular formula is C17H15ClN2OS. The van der Waals surface area contributed by atoms with E-state index >= 15 is 0 Å². The first-order valence-electron chi connectivity index (χ1n) is 7.20. The second-order valence-corrected chi connectivity index (χ2v) is 7.17. The summed E-state index contributed by atoms with van der Waals surface area (Å²) in [5.74, 6) is 0.428. The average Bonchev–Trinajstić information content (AvgIpc) is 2.83. The van der Waals surface area contributed by atoms with Gasteiger partial charge in [-0.2, -0.15) is 5.26 Å². The summed E-state index contributed by atoms with van der Waals surface area (Å²) in [6.07, 6.45) is 3.02. The fourth-order valence-electron chi connectivity index (χ4n) is 2.73. The van der Waals surface area contributed by atoms with Crippen LogP contribution in [0.4, 0.5) is 5.00 Å². The molecule has 0 saturated heterocycles. The second-order valence-electron chi connectivity index (χ2n) is 5.63. The Morgan fingerprint density at radius 3 is 2.82 bits per heavy atom. The number of amides is 1. The van der Waals surface area contributed by atoms with Crippen molar-refractivity contribution >= 4 is 33.8 Å². The molecule has 0 bridgehead atoms. The fraction of sp³-hybridized carbons (Fsp3) is 0.294. The van der Waals surface area contributed by atoms with E-state index in [1.165, 1.54) is 16.2 Å². The van der Waals surface area contributed by atoms with E-state index < -0.39 is 0 Å². The summed E-state index contributed by atoms with van der Waals surface area (Å²) >= 11 is 7.37. The molecule has 0 spiro atoms. The van der Waals surface area contributed by atoms with Crippen LogP contribution >= 0.6 is 22.9 Å². The first-order chi connectivity index (χ1) is 10.6. The van der Waals surface area contributed by atoms with Crippen LogP contribution < -0.4 is 5.32 Å². The van der Waals surface area contributed by atoms with Crippen molar-refractivity contribution < 1.29 is 4.79 Å². The lowest BCUT2D eigenvalue weighted by Gasteiger charge is -2.17. The Kier molecular flexibility index (Phi) is 4.19. The summed E-state index contributed by atoms with van der Waals surface area (Å²) < 4.78 is 0. The molecule has 1 N–H and O–H groups in total. The van der Waals surface area contributed by atoms with Crippen molar-refractivity contribution in [1.82, 2.24) is 0 Å². The van der Waals surface area contributed by atoms with Crippen LogP contribution in [0, 0.1) is 17.2 Å². The van der Waals surface area contributed by atoms with Crippen LogP contribution in [0.1, 0.15) is 39.7 Å². The number of benzene rings is 1. The predicted octanol–water partition coefficient (Wildman–Crippen LogP) is 4.65. The van der Waals surface area contributed by atoms with Gasteiger partial charge in [0, 0.05) is 15.5 Å². The summed E-state index contributed by atoms with van der Waals surface area (Å²) in [6, 6.07) is 8.99. The van der Waals surface area contributed by atoms with Gasteiger partial charge in [0.1, 0.15) is 11.1 Å². The van der Waals surface area contributed by atoms with E-state index in [0.29, 0.717) is 27.1 Å². The smallest absolute Gasteiger partial charge is 0.256 e. The van der Waals surface area contributed by atoms with Gasteiger partial charge >= 0.3 is 0 Å². The summed E-state index contributed by atoms with van der Waals surface area (Å²) in [4.78, 5) is 13.6. The number of nitrogens with zero attached hydrogens (tertiary/aromatic N) is 1. The number of carbonyl (C=O) groups is 1. The van der Waals surface area contributed by atoms with E-state index in [-0.39, 0.29) is 5.91 Å². The fourth-order valence-corrected chi connectivity index (χ4v) is 4.22. The molecule has 0 radical (unpaired) electrons. The van der Waals surface area contributed by atoms with Crippen LogP contribution in [-0.2, 0) is 12.8 Å². The number of rotatable bonds is 2. The molecule has 3 rings (SSSR count). The lowest BCUT2D eigenvalue weighted by molar-refractivity contribution is 0.102. The van der Waals surface area contributed by atoms with Gasteiger partial charge in [-0.1, -0.05) is 18.5 Å². The highest BCUT2D eigenvalue weighted by Gasteiger charge is 2.24. The minimum atomic E-state index is -0.209. The maximum Gasteiger partial charge on any atom is 0.256 e. The number of thiophene rings is 1. The summed E-state index contributed by atoms with van der Waals surface area (Å²) in [7, 11) is 0. The van der Waals surface area contributed by atoms with Crippen molar-refractivity contribution in [2.24, 2.45) is 5.92 Å². The molecule has 1 aliphatic rings. The molecule has 0 unspecified atom stereocenters. The Labute approximate surface area is 138 Å². The topological polar surface area (TPSA) is 52.9 Å². The van der Waals surface area contributed by atoms with Crippen molar-refractivity contribution in [3.8, 4) is 6.07 Å². The third kappa shape index (κ3) is 2.87. The molecule has 1 aromatic carbocycles. The van der Waals surface area contributed by atoms with Crippen LogP contribution in [-0.4, -0.2) is 5.91 Å². The van der Waals surface area contributed by atoms with Crippen molar-refractivity contribution in [2.45, 2.75) is 26.2 Å². The van der Waals surface area contributed by atoms with Crippen LogP contribution in [0.15, 0.2) is 24.3 Å². The third-order valence-corrected chi connectivity index (χ3v) is 5.38. The quantitative estimate of drug-likeness (QED) is 0.871. The van der Waals surface area contributed by atoms with Crippen LogP contribution in [0.3, 0.4) is 0 Å². The standard InChI is InChI=1S/C17H15ClN2OS/c1-10-2-7-13-14(9-19)17(22-15(13)8-10)20-16(21)11-3-5-12(18)6-4-11/h3-6,10H,2,7-8H2,1H3,(H,20,21)/t10-/m0/s1. The lowest BCUT2D eigenvalue weighted by Crippen LogP contribution is -2.12. The predicted molar refractivity (Wildman–Crippen MR) is 89.6 cm³/mol. The zero-order valence-electron chi connectivity index (χ0n) is 12.1. The third-order valence-electron chi connectivity index (χ3n) is 3.96. The zero-order valence-corrected chi connectivity index (χ0v) is 13.7. The Hall–Kier alpha value is -1.83. The van der Waals surface area contributed by atoms with Gasteiger partial charge in [-0.3, -0.25) is 4.79 Å². The normalized spacial score (nSPS) is 16.7. The van der Waals surface area contributed by atoms with Crippen LogP contribution in [0.2, 0.25) is 5.02 Å². The largest absolute Gasteiger partial charge is 0.312 e. The molecule has 5 heteroatoms. The number of carbonyl (C=O) groups excluding carboxylic acids is 1. The number of nitriles is 1. The minimum absolute atomic E-state index is 0.209. The Morgan fingerprint density at radius 2 is 2.14 bits per heavy atom.